The summed E-state index contributed by atoms with van der Waals surface area (Å²) in [5.41, 5.74) is 6.62. The molecule has 0 N–H and O–H groups in total. The summed E-state index contributed by atoms with van der Waals surface area (Å²) in [7, 11) is 0. The second-order valence-electron chi connectivity index (χ2n) is 8.51. The first-order chi connectivity index (χ1) is 15.6. The second-order valence-corrected chi connectivity index (χ2v) is 8.51. The van der Waals surface area contributed by atoms with E-state index >= 15 is 0 Å². The maximum absolute atomic E-state index is 13.6. The lowest BCUT2D eigenvalue weighted by atomic mass is 10.1. The monoisotopic (exact) mass is 425 g/mol. The predicted octanol–water partition coefficient (Wildman–Crippen LogP) is 5.48. The largest absolute Gasteiger partial charge is 0.299 e. The third-order valence-electron chi connectivity index (χ3n) is 6.09. The first-order valence-electron chi connectivity index (χ1n) is 11.3. The number of hydrogen-bond donors (Lipinski definition) is 0. The van der Waals surface area contributed by atoms with Gasteiger partial charge in [0, 0.05) is 6.54 Å². The number of aromatic nitrogens is 5. The van der Waals surface area contributed by atoms with Gasteiger partial charge in [-0.1, -0.05) is 50.5 Å². The van der Waals surface area contributed by atoms with Crippen LogP contribution >= 0.6 is 0 Å². The zero-order chi connectivity index (χ0) is 22.2. The molecule has 5 rings (SSSR count). The molecule has 0 aliphatic heterocycles. The molecule has 3 aromatic heterocycles. The Morgan fingerprint density at radius 2 is 1.69 bits per heavy atom. The lowest BCUT2D eigenvalue weighted by molar-refractivity contribution is 0.567. The molecule has 0 saturated carbocycles. The summed E-state index contributed by atoms with van der Waals surface area (Å²) in [5, 5.41) is 0.539. The van der Waals surface area contributed by atoms with Crippen LogP contribution < -0.4 is 5.56 Å². The van der Waals surface area contributed by atoms with E-state index in [9.17, 15) is 4.79 Å². The molecule has 0 aliphatic carbocycles. The Kier molecular flexibility index (Phi) is 5.21. The fourth-order valence-electron chi connectivity index (χ4n) is 4.33. The summed E-state index contributed by atoms with van der Waals surface area (Å²) >= 11 is 0. The van der Waals surface area contributed by atoms with Crippen LogP contribution in [-0.4, -0.2) is 24.1 Å². The van der Waals surface area contributed by atoms with Crippen molar-refractivity contribution in [2.24, 2.45) is 0 Å². The Morgan fingerprint density at radius 1 is 0.906 bits per heavy atom. The third kappa shape index (κ3) is 3.36. The molecule has 0 aliphatic rings. The van der Waals surface area contributed by atoms with E-state index in [-0.39, 0.29) is 5.56 Å². The van der Waals surface area contributed by atoms with Crippen LogP contribution in [0.1, 0.15) is 43.7 Å². The van der Waals surface area contributed by atoms with Gasteiger partial charge in [-0.05, 0) is 49.6 Å². The number of rotatable bonds is 6. The molecule has 0 fully saturated rings. The van der Waals surface area contributed by atoms with Crippen LogP contribution in [0.15, 0.2) is 53.6 Å². The highest BCUT2D eigenvalue weighted by Crippen LogP contribution is 2.30. The molecular weight excluding hydrogens is 398 g/mol. The van der Waals surface area contributed by atoms with Crippen molar-refractivity contribution in [3.05, 3.63) is 70.3 Å². The Balaban J connectivity index is 1.83. The first kappa shape index (κ1) is 20.4. The minimum absolute atomic E-state index is 0.0508. The average Bonchev–Trinajstić information content (AvgIpc) is 3.11. The van der Waals surface area contributed by atoms with Crippen LogP contribution in [0.4, 0.5) is 0 Å². The maximum atomic E-state index is 13.6. The van der Waals surface area contributed by atoms with Crippen molar-refractivity contribution in [2.75, 3.05) is 0 Å². The summed E-state index contributed by atoms with van der Waals surface area (Å²) in [5.74, 6) is 0. The van der Waals surface area contributed by atoms with Crippen molar-refractivity contribution in [1.82, 2.24) is 24.1 Å². The summed E-state index contributed by atoms with van der Waals surface area (Å²) in [6.07, 6.45) is 6.09. The van der Waals surface area contributed by atoms with Gasteiger partial charge in [0.2, 0.25) is 0 Å². The van der Waals surface area contributed by atoms with Crippen LogP contribution in [-0.2, 0) is 6.54 Å². The molecule has 0 amide bonds. The molecule has 0 bridgehead atoms. The second kappa shape index (κ2) is 8.19. The van der Waals surface area contributed by atoms with Gasteiger partial charge in [0.1, 0.15) is 10.9 Å². The zero-order valence-corrected chi connectivity index (χ0v) is 18.8. The van der Waals surface area contributed by atoms with Crippen LogP contribution in [0.3, 0.4) is 0 Å². The van der Waals surface area contributed by atoms with E-state index in [4.69, 9.17) is 15.0 Å². The normalized spacial score (nSPS) is 11.7. The van der Waals surface area contributed by atoms with Crippen LogP contribution in [0.2, 0.25) is 0 Å². The molecule has 2 aromatic carbocycles. The van der Waals surface area contributed by atoms with Gasteiger partial charge in [0.25, 0.3) is 5.56 Å². The number of nitrogens with zero attached hydrogens (tertiary/aromatic N) is 5. The molecule has 162 valence electrons. The molecule has 6 heteroatoms. The minimum atomic E-state index is -0.0508. The van der Waals surface area contributed by atoms with Crippen molar-refractivity contribution in [1.29, 1.82) is 0 Å². The van der Waals surface area contributed by atoms with Gasteiger partial charge in [0.15, 0.2) is 11.3 Å². The molecule has 0 spiro atoms. The van der Waals surface area contributed by atoms with Gasteiger partial charge in [-0.15, -0.1) is 0 Å². The molecule has 0 unspecified atom stereocenters. The lowest BCUT2D eigenvalue weighted by Gasteiger charge is -2.11. The maximum Gasteiger partial charge on any atom is 0.265 e. The number of fused-ring (bicyclic) bond motifs is 4. The lowest BCUT2D eigenvalue weighted by Crippen LogP contribution is -2.21. The van der Waals surface area contributed by atoms with E-state index in [1.807, 2.05) is 28.8 Å². The summed E-state index contributed by atoms with van der Waals surface area (Å²) in [6.45, 7) is 6.98. The highest BCUT2D eigenvalue weighted by molar-refractivity contribution is 6.05. The van der Waals surface area contributed by atoms with E-state index in [2.05, 4.69) is 39.0 Å². The zero-order valence-electron chi connectivity index (χ0n) is 18.8. The van der Waals surface area contributed by atoms with Gasteiger partial charge in [-0.3, -0.25) is 13.9 Å². The van der Waals surface area contributed by atoms with Crippen molar-refractivity contribution in [2.45, 2.75) is 53.0 Å². The molecule has 32 heavy (non-hydrogen) atoms. The highest BCUT2D eigenvalue weighted by Gasteiger charge is 2.21. The molecule has 5 aromatic rings. The molecule has 0 saturated heterocycles. The molecule has 3 heterocycles. The van der Waals surface area contributed by atoms with Crippen LogP contribution in [0.5, 0.6) is 0 Å². The van der Waals surface area contributed by atoms with Gasteiger partial charge >= 0.3 is 0 Å². The first-order valence-corrected chi connectivity index (χ1v) is 11.3. The number of unbranched alkanes of at least 4 members (excludes halogenated alkanes) is 3. The van der Waals surface area contributed by atoms with E-state index in [0.717, 1.165) is 47.1 Å². The summed E-state index contributed by atoms with van der Waals surface area (Å²) in [4.78, 5) is 28.2. The van der Waals surface area contributed by atoms with Gasteiger partial charge in [-0.2, -0.15) is 0 Å². The molecular formula is C26H27N5O. The topological polar surface area (TPSA) is 65.6 Å². The van der Waals surface area contributed by atoms with E-state index < -0.39 is 0 Å². The van der Waals surface area contributed by atoms with Crippen molar-refractivity contribution >= 4 is 33.2 Å². The van der Waals surface area contributed by atoms with Crippen molar-refractivity contribution in [3.8, 4) is 5.69 Å². The molecule has 0 atom stereocenters. The standard InChI is InChI=1S/C26H27N5O/c1-4-5-6-9-14-30-16-27-24-22(26(30)32)23-25(29-20-11-8-7-10-19(20)28-23)31(24)21-15-17(2)12-13-18(21)3/h7-8,10-13,15-16H,4-6,9,14H2,1-3H3. The average molecular weight is 426 g/mol. The predicted molar refractivity (Wildman–Crippen MR) is 130 cm³/mol. The minimum Gasteiger partial charge on any atom is -0.299 e. The highest BCUT2D eigenvalue weighted by atomic mass is 16.1. The van der Waals surface area contributed by atoms with Crippen LogP contribution in [0.25, 0.3) is 38.9 Å². The van der Waals surface area contributed by atoms with Crippen molar-refractivity contribution in [3.63, 3.8) is 0 Å². The number of aryl methyl sites for hydroxylation is 3. The quantitative estimate of drug-likeness (QED) is 0.338. The third-order valence-corrected chi connectivity index (χ3v) is 6.09. The fraction of sp³-hybridized carbons (Fsp3) is 0.308. The Bertz CT molecular complexity index is 1510. The van der Waals surface area contributed by atoms with Gasteiger partial charge in [0.05, 0.1) is 23.0 Å². The van der Waals surface area contributed by atoms with Crippen molar-refractivity contribution < 1.29 is 0 Å². The molecule has 6 nitrogen and oxygen atoms in total. The van der Waals surface area contributed by atoms with E-state index in [1.165, 1.54) is 6.42 Å². The Labute approximate surface area is 186 Å². The summed E-state index contributed by atoms with van der Waals surface area (Å²) in [6, 6.07) is 14.1. The number of hydrogen-bond acceptors (Lipinski definition) is 4. The van der Waals surface area contributed by atoms with Gasteiger partial charge in [-0.25, -0.2) is 15.0 Å². The Hall–Kier alpha value is -3.54. The van der Waals surface area contributed by atoms with E-state index in [1.54, 1.807) is 10.9 Å². The van der Waals surface area contributed by atoms with Gasteiger partial charge < -0.3 is 0 Å². The SMILES string of the molecule is CCCCCCn1cnc2c(c1=O)c1nc3ccccc3nc1n2-c1cc(C)ccc1C. The smallest absolute Gasteiger partial charge is 0.265 e. The van der Waals surface area contributed by atoms with E-state index in [0.29, 0.717) is 28.7 Å². The fourth-order valence-corrected chi connectivity index (χ4v) is 4.33. The number of benzene rings is 2. The number of para-hydroxylation sites is 2. The summed E-state index contributed by atoms with van der Waals surface area (Å²) < 4.78 is 3.72. The Morgan fingerprint density at radius 3 is 2.47 bits per heavy atom. The molecule has 0 radical (unpaired) electrons. The van der Waals surface area contributed by atoms with Crippen LogP contribution in [0, 0.1) is 13.8 Å².